The largest absolute Gasteiger partial charge is 0.490 e. The summed E-state index contributed by atoms with van der Waals surface area (Å²) in [4.78, 5) is 0.208. The topological polar surface area (TPSA) is 43.4 Å². The maximum Gasteiger partial charge on any atom is 0.261 e. The van der Waals surface area contributed by atoms with E-state index in [2.05, 4.69) is 0 Å². The fourth-order valence-electron chi connectivity index (χ4n) is 3.87. The first-order chi connectivity index (χ1) is 9.34. The molecule has 0 N–H and O–H groups in total. The van der Waals surface area contributed by atoms with Crippen LogP contribution in [0.2, 0.25) is 0 Å². The standard InChI is InChI=1S/C15H19ClO3S/c1-9-5-13(6-10(2)15(9)20(16,17)18)19-14-8-11-3-4-12(14)7-11/h5-6,11-12,14H,3-4,7-8H2,1-2H3. The van der Waals surface area contributed by atoms with Gasteiger partial charge in [-0.3, -0.25) is 0 Å². The molecule has 0 spiro atoms. The van der Waals surface area contributed by atoms with Crippen LogP contribution in [-0.4, -0.2) is 14.5 Å². The fraction of sp³-hybridized carbons (Fsp3) is 0.600. The maximum atomic E-state index is 11.6. The van der Waals surface area contributed by atoms with Crippen LogP contribution in [0, 0.1) is 25.7 Å². The van der Waals surface area contributed by atoms with Gasteiger partial charge in [-0.25, -0.2) is 8.42 Å². The van der Waals surface area contributed by atoms with E-state index >= 15 is 0 Å². The molecule has 0 heterocycles. The molecule has 3 rings (SSSR count). The third kappa shape index (κ3) is 2.56. The molecule has 2 fully saturated rings. The molecule has 3 nitrogen and oxygen atoms in total. The highest BCUT2D eigenvalue weighted by atomic mass is 35.7. The monoisotopic (exact) mass is 314 g/mol. The average Bonchev–Trinajstić information content (AvgIpc) is 2.87. The minimum absolute atomic E-state index is 0.208. The van der Waals surface area contributed by atoms with Crippen molar-refractivity contribution < 1.29 is 13.2 Å². The summed E-state index contributed by atoms with van der Waals surface area (Å²) in [7, 11) is 1.77. The molecule has 3 atom stereocenters. The molecular formula is C15H19ClO3S. The van der Waals surface area contributed by atoms with Crippen molar-refractivity contribution in [2.24, 2.45) is 11.8 Å². The first kappa shape index (κ1) is 14.2. The Hall–Kier alpha value is -0.740. The number of benzene rings is 1. The molecule has 2 aliphatic rings. The zero-order chi connectivity index (χ0) is 14.5. The smallest absolute Gasteiger partial charge is 0.261 e. The Balaban J connectivity index is 1.85. The van der Waals surface area contributed by atoms with Gasteiger partial charge in [-0.2, -0.15) is 0 Å². The number of hydrogen-bond acceptors (Lipinski definition) is 3. The summed E-state index contributed by atoms with van der Waals surface area (Å²) in [5, 5.41) is 0. The van der Waals surface area contributed by atoms with Crippen molar-refractivity contribution in [3.05, 3.63) is 23.3 Å². The van der Waals surface area contributed by atoms with Crippen molar-refractivity contribution in [2.45, 2.75) is 50.5 Å². The van der Waals surface area contributed by atoms with Gasteiger partial charge in [-0.15, -0.1) is 0 Å². The number of aryl methyl sites for hydroxylation is 2. The van der Waals surface area contributed by atoms with Gasteiger partial charge in [0.1, 0.15) is 11.9 Å². The van der Waals surface area contributed by atoms with Crippen molar-refractivity contribution in [2.75, 3.05) is 0 Å². The van der Waals surface area contributed by atoms with Gasteiger partial charge < -0.3 is 4.74 Å². The van der Waals surface area contributed by atoms with E-state index in [1.165, 1.54) is 19.3 Å². The molecule has 0 radical (unpaired) electrons. The molecule has 1 aromatic rings. The maximum absolute atomic E-state index is 11.6. The summed E-state index contributed by atoms with van der Waals surface area (Å²) < 4.78 is 29.2. The molecule has 5 heteroatoms. The molecule has 2 bridgehead atoms. The number of hydrogen-bond donors (Lipinski definition) is 0. The van der Waals surface area contributed by atoms with E-state index in [1.807, 2.05) is 0 Å². The molecular weight excluding hydrogens is 296 g/mol. The minimum atomic E-state index is -3.70. The van der Waals surface area contributed by atoms with Gasteiger partial charge in [0.25, 0.3) is 9.05 Å². The Kier molecular flexibility index (Phi) is 3.49. The SMILES string of the molecule is Cc1cc(OC2CC3CCC2C3)cc(C)c1S(=O)(=O)Cl. The van der Waals surface area contributed by atoms with E-state index in [0.717, 1.165) is 18.1 Å². The van der Waals surface area contributed by atoms with Gasteiger partial charge in [-0.1, -0.05) is 0 Å². The number of rotatable bonds is 3. The van der Waals surface area contributed by atoms with Crippen LogP contribution in [0.4, 0.5) is 0 Å². The highest BCUT2D eigenvalue weighted by molar-refractivity contribution is 8.13. The molecule has 0 aromatic heterocycles. The molecule has 20 heavy (non-hydrogen) atoms. The first-order valence-electron chi connectivity index (χ1n) is 7.07. The lowest BCUT2D eigenvalue weighted by atomic mass is 9.97. The summed E-state index contributed by atoms with van der Waals surface area (Å²) in [6.07, 6.45) is 5.33. The van der Waals surface area contributed by atoms with Crippen LogP contribution < -0.4 is 4.74 Å². The molecule has 2 saturated carbocycles. The van der Waals surface area contributed by atoms with Gasteiger partial charge >= 0.3 is 0 Å². The first-order valence-corrected chi connectivity index (χ1v) is 9.38. The van der Waals surface area contributed by atoms with E-state index in [0.29, 0.717) is 23.1 Å². The summed E-state index contributed by atoms with van der Waals surface area (Å²) in [6, 6.07) is 3.57. The summed E-state index contributed by atoms with van der Waals surface area (Å²) >= 11 is 0. The van der Waals surface area contributed by atoms with Crippen LogP contribution >= 0.6 is 10.7 Å². The number of ether oxygens (including phenoxy) is 1. The van der Waals surface area contributed by atoms with E-state index < -0.39 is 9.05 Å². The molecule has 0 saturated heterocycles. The third-order valence-electron chi connectivity index (χ3n) is 4.64. The summed E-state index contributed by atoms with van der Waals surface area (Å²) in [5.41, 5.74) is 1.30. The lowest BCUT2D eigenvalue weighted by Gasteiger charge is -2.24. The quantitative estimate of drug-likeness (QED) is 0.797. The highest BCUT2D eigenvalue weighted by Crippen LogP contribution is 2.46. The Bertz CT molecular complexity index is 616. The van der Waals surface area contributed by atoms with E-state index in [1.54, 1.807) is 26.0 Å². The minimum Gasteiger partial charge on any atom is -0.490 e. The zero-order valence-corrected chi connectivity index (χ0v) is 13.3. The van der Waals surface area contributed by atoms with E-state index in [-0.39, 0.29) is 4.90 Å². The summed E-state index contributed by atoms with van der Waals surface area (Å²) in [5.74, 6) is 2.27. The molecule has 0 amide bonds. The van der Waals surface area contributed by atoms with E-state index in [9.17, 15) is 8.42 Å². The van der Waals surface area contributed by atoms with Gasteiger partial charge in [0.05, 0.1) is 4.90 Å². The van der Waals surface area contributed by atoms with Crippen molar-refractivity contribution in [3.8, 4) is 5.75 Å². The van der Waals surface area contributed by atoms with Crippen LogP contribution in [0.5, 0.6) is 5.75 Å². The van der Waals surface area contributed by atoms with Crippen molar-refractivity contribution in [1.29, 1.82) is 0 Å². The van der Waals surface area contributed by atoms with Crippen LogP contribution in [0.25, 0.3) is 0 Å². The van der Waals surface area contributed by atoms with Gasteiger partial charge in [0.15, 0.2) is 0 Å². The number of halogens is 1. The van der Waals surface area contributed by atoms with Crippen LogP contribution in [0.15, 0.2) is 17.0 Å². The van der Waals surface area contributed by atoms with Crippen molar-refractivity contribution in [1.82, 2.24) is 0 Å². The third-order valence-corrected chi connectivity index (χ3v) is 6.23. The predicted molar refractivity (Wildman–Crippen MR) is 78.8 cm³/mol. The average molecular weight is 315 g/mol. The second kappa shape index (κ2) is 4.92. The molecule has 110 valence electrons. The second-order valence-electron chi connectivity index (χ2n) is 6.16. The van der Waals surface area contributed by atoms with Crippen molar-refractivity contribution >= 4 is 19.7 Å². The normalized spacial score (nSPS) is 28.9. The Labute approximate surface area is 124 Å². The number of fused-ring (bicyclic) bond motifs is 2. The van der Waals surface area contributed by atoms with E-state index in [4.69, 9.17) is 15.4 Å². The summed E-state index contributed by atoms with van der Waals surface area (Å²) in [6.45, 7) is 3.52. The fourth-order valence-corrected chi connectivity index (χ4v) is 5.49. The predicted octanol–water partition coefficient (Wildman–Crippen LogP) is 3.80. The van der Waals surface area contributed by atoms with Crippen molar-refractivity contribution in [3.63, 3.8) is 0 Å². The molecule has 0 aliphatic heterocycles. The van der Waals surface area contributed by atoms with Crippen LogP contribution in [0.1, 0.15) is 36.8 Å². The highest BCUT2D eigenvalue weighted by Gasteiger charge is 2.41. The zero-order valence-electron chi connectivity index (χ0n) is 11.7. The Morgan fingerprint density at radius 3 is 2.25 bits per heavy atom. The molecule has 1 aromatic carbocycles. The van der Waals surface area contributed by atoms with Crippen LogP contribution in [-0.2, 0) is 9.05 Å². The Morgan fingerprint density at radius 1 is 1.15 bits per heavy atom. The molecule has 3 unspecified atom stereocenters. The Morgan fingerprint density at radius 2 is 1.80 bits per heavy atom. The van der Waals surface area contributed by atoms with Gasteiger partial charge in [0.2, 0.25) is 0 Å². The lowest BCUT2D eigenvalue weighted by molar-refractivity contribution is 0.138. The van der Waals surface area contributed by atoms with Crippen LogP contribution in [0.3, 0.4) is 0 Å². The second-order valence-corrected chi connectivity index (χ2v) is 8.66. The van der Waals surface area contributed by atoms with Gasteiger partial charge in [-0.05, 0) is 74.6 Å². The van der Waals surface area contributed by atoms with Gasteiger partial charge in [0, 0.05) is 10.7 Å². The molecule has 2 aliphatic carbocycles. The lowest BCUT2D eigenvalue weighted by Crippen LogP contribution is -2.23.